The number of ether oxygens (including phenoxy) is 2. The van der Waals surface area contributed by atoms with Crippen molar-refractivity contribution in [1.29, 1.82) is 0 Å². The summed E-state index contributed by atoms with van der Waals surface area (Å²) in [5, 5.41) is 12.2. The molecule has 0 bridgehead atoms. The second-order valence-electron chi connectivity index (χ2n) is 6.21. The number of hydrogen-bond acceptors (Lipinski definition) is 6. The largest absolute Gasteiger partial charge is 0.494 e. The van der Waals surface area contributed by atoms with Crippen LogP contribution in [0.4, 0.5) is 0 Å². The number of methoxy groups -OCH3 is 1. The molecule has 2 aromatic carbocycles. The van der Waals surface area contributed by atoms with E-state index in [1.165, 1.54) is 11.8 Å². The zero-order chi connectivity index (χ0) is 21.3. The number of amides is 1. The van der Waals surface area contributed by atoms with E-state index in [0.29, 0.717) is 30.7 Å². The van der Waals surface area contributed by atoms with Crippen LogP contribution >= 0.6 is 27.7 Å². The highest BCUT2D eigenvalue weighted by Crippen LogP contribution is 2.29. The molecule has 0 unspecified atom stereocenters. The number of halogens is 1. The highest BCUT2D eigenvalue weighted by Gasteiger charge is 2.17. The Kier molecular flexibility index (Phi) is 8.30. The highest BCUT2D eigenvalue weighted by atomic mass is 79.9. The number of thioether (sulfide) groups is 1. The molecule has 0 saturated heterocycles. The molecule has 0 aliphatic rings. The first-order valence-electron chi connectivity index (χ1n) is 9.45. The van der Waals surface area contributed by atoms with Crippen LogP contribution in [-0.2, 0) is 9.53 Å². The molecular formula is C21H23BrN4O3S. The molecule has 7 nitrogen and oxygen atoms in total. The number of benzene rings is 2. The third-order valence-corrected chi connectivity index (χ3v) is 5.56. The molecule has 1 N–H and O–H groups in total. The molecule has 0 fully saturated rings. The van der Waals surface area contributed by atoms with Gasteiger partial charge in [-0.3, -0.25) is 9.36 Å². The van der Waals surface area contributed by atoms with E-state index in [1.54, 1.807) is 7.11 Å². The van der Waals surface area contributed by atoms with Crippen molar-refractivity contribution in [3.8, 4) is 22.8 Å². The normalized spacial score (nSPS) is 10.8. The summed E-state index contributed by atoms with van der Waals surface area (Å²) >= 11 is 4.80. The van der Waals surface area contributed by atoms with Gasteiger partial charge in [-0.05, 0) is 43.3 Å². The lowest BCUT2D eigenvalue weighted by atomic mass is 10.2. The molecule has 0 spiro atoms. The number of carbonyl (C=O) groups is 1. The Hall–Kier alpha value is -2.36. The summed E-state index contributed by atoms with van der Waals surface area (Å²) in [5.41, 5.74) is 1.82. The number of carbonyl (C=O) groups excluding carboxylic acids is 1. The Labute approximate surface area is 188 Å². The fraction of sp³-hybridized carbons (Fsp3) is 0.286. The Morgan fingerprint density at radius 2 is 1.87 bits per heavy atom. The van der Waals surface area contributed by atoms with E-state index in [-0.39, 0.29) is 11.7 Å². The minimum atomic E-state index is -0.0801. The zero-order valence-corrected chi connectivity index (χ0v) is 19.2. The quantitative estimate of drug-likeness (QED) is 0.342. The van der Waals surface area contributed by atoms with Gasteiger partial charge in [0, 0.05) is 29.4 Å². The van der Waals surface area contributed by atoms with E-state index in [4.69, 9.17) is 9.47 Å². The van der Waals surface area contributed by atoms with E-state index < -0.39 is 0 Å². The van der Waals surface area contributed by atoms with E-state index in [9.17, 15) is 4.79 Å². The highest BCUT2D eigenvalue weighted by molar-refractivity contribution is 9.10. The van der Waals surface area contributed by atoms with Crippen LogP contribution in [0.5, 0.6) is 5.75 Å². The molecule has 3 aromatic rings. The van der Waals surface area contributed by atoms with Gasteiger partial charge in [0.05, 0.1) is 19.0 Å². The molecule has 3 rings (SSSR count). The molecule has 30 heavy (non-hydrogen) atoms. The standard InChI is InChI=1S/C21H23BrN4O3S/c1-3-29-18-10-8-17(9-11-18)26-20(15-4-6-16(22)7-5-15)24-25-21(26)30-14-19(27)23-12-13-28-2/h4-11H,3,12-14H2,1-2H3,(H,23,27). The molecule has 1 amide bonds. The van der Waals surface area contributed by atoms with Gasteiger partial charge in [-0.15, -0.1) is 10.2 Å². The summed E-state index contributed by atoms with van der Waals surface area (Å²) in [6.07, 6.45) is 0. The van der Waals surface area contributed by atoms with Crippen molar-refractivity contribution in [1.82, 2.24) is 20.1 Å². The number of aromatic nitrogens is 3. The van der Waals surface area contributed by atoms with Gasteiger partial charge in [-0.2, -0.15) is 0 Å². The zero-order valence-electron chi connectivity index (χ0n) is 16.8. The molecule has 0 aliphatic carbocycles. The monoisotopic (exact) mass is 490 g/mol. The first-order chi connectivity index (χ1) is 14.6. The number of rotatable bonds is 10. The Morgan fingerprint density at radius 1 is 1.13 bits per heavy atom. The first kappa shape index (κ1) is 22.3. The average Bonchev–Trinajstić information content (AvgIpc) is 3.18. The lowest BCUT2D eigenvalue weighted by Gasteiger charge is -2.12. The molecule has 1 heterocycles. The third-order valence-electron chi connectivity index (χ3n) is 4.10. The van der Waals surface area contributed by atoms with Crippen LogP contribution < -0.4 is 10.1 Å². The Bertz CT molecular complexity index is 961. The lowest BCUT2D eigenvalue weighted by molar-refractivity contribution is -0.118. The van der Waals surface area contributed by atoms with Crippen LogP contribution in [0.25, 0.3) is 17.1 Å². The molecule has 9 heteroatoms. The topological polar surface area (TPSA) is 78.3 Å². The SMILES string of the molecule is CCOc1ccc(-n2c(SCC(=O)NCCOC)nnc2-c2ccc(Br)cc2)cc1. The van der Waals surface area contributed by atoms with Gasteiger partial charge in [-0.1, -0.05) is 39.8 Å². The molecule has 0 saturated carbocycles. The van der Waals surface area contributed by atoms with Crippen LogP contribution in [0.1, 0.15) is 6.92 Å². The third kappa shape index (κ3) is 5.84. The molecule has 158 valence electrons. The lowest BCUT2D eigenvalue weighted by Crippen LogP contribution is -2.28. The minimum absolute atomic E-state index is 0.0801. The summed E-state index contributed by atoms with van der Waals surface area (Å²) < 4.78 is 13.4. The van der Waals surface area contributed by atoms with Gasteiger partial charge < -0.3 is 14.8 Å². The predicted molar refractivity (Wildman–Crippen MR) is 121 cm³/mol. The maximum atomic E-state index is 12.1. The van der Waals surface area contributed by atoms with E-state index in [2.05, 4.69) is 31.4 Å². The van der Waals surface area contributed by atoms with Crippen molar-refractivity contribution in [2.45, 2.75) is 12.1 Å². The second-order valence-corrected chi connectivity index (χ2v) is 8.06. The van der Waals surface area contributed by atoms with Gasteiger partial charge in [-0.25, -0.2) is 0 Å². The van der Waals surface area contributed by atoms with E-state index >= 15 is 0 Å². The second kappa shape index (κ2) is 11.1. The van der Waals surface area contributed by atoms with Crippen LogP contribution in [0.2, 0.25) is 0 Å². The van der Waals surface area contributed by atoms with Crippen molar-refractivity contribution in [2.24, 2.45) is 0 Å². The minimum Gasteiger partial charge on any atom is -0.494 e. The summed E-state index contributed by atoms with van der Waals surface area (Å²) in [5.74, 6) is 1.66. The molecule has 1 aromatic heterocycles. The van der Waals surface area contributed by atoms with Crippen LogP contribution in [0.15, 0.2) is 58.2 Å². The molecular weight excluding hydrogens is 468 g/mol. The maximum absolute atomic E-state index is 12.1. The van der Waals surface area contributed by atoms with Crippen molar-refractivity contribution < 1.29 is 14.3 Å². The fourth-order valence-electron chi connectivity index (χ4n) is 2.71. The predicted octanol–water partition coefficient (Wildman–Crippen LogP) is 3.95. The number of hydrogen-bond donors (Lipinski definition) is 1. The summed E-state index contributed by atoms with van der Waals surface area (Å²) in [7, 11) is 1.60. The summed E-state index contributed by atoms with van der Waals surface area (Å²) in [6.45, 7) is 3.51. The van der Waals surface area contributed by atoms with Crippen molar-refractivity contribution >= 4 is 33.6 Å². The fourth-order valence-corrected chi connectivity index (χ4v) is 3.76. The summed E-state index contributed by atoms with van der Waals surface area (Å²) in [4.78, 5) is 12.1. The maximum Gasteiger partial charge on any atom is 0.230 e. The molecule has 0 radical (unpaired) electrons. The van der Waals surface area contributed by atoms with Gasteiger partial charge in [0.25, 0.3) is 0 Å². The van der Waals surface area contributed by atoms with Crippen LogP contribution in [0, 0.1) is 0 Å². The molecule has 0 atom stereocenters. The number of nitrogens with zero attached hydrogens (tertiary/aromatic N) is 3. The van der Waals surface area contributed by atoms with Crippen LogP contribution in [0.3, 0.4) is 0 Å². The van der Waals surface area contributed by atoms with Gasteiger partial charge >= 0.3 is 0 Å². The smallest absolute Gasteiger partial charge is 0.230 e. The van der Waals surface area contributed by atoms with Gasteiger partial charge in [0.1, 0.15) is 5.75 Å². The molecule has 0 aliphatic heterocycles. The van der Waals surface area contributed by atoms with E-state index in [0.717, 1.165) is 21.5 Å². The average molecular weight is 491 g/mol. The van der Waals surface area contributed by atoms with Gasteiger partial charge in [0.2, 0.25) is 5.91 Å². The Morgan fingerprint density at radius 3 is 2.53 bits per heavy atom. The van der Waals surface area contributed by atoms with Gasteiger partial charge in [0.15, 0.2) is 11.0 Å². The first-order valence-corrected chi connectivity index (χ1v) is 11.2. The van der Waals surface area contributed by atoms with Crippen molar-refractivity contribution in [3.05, 3.63) is 53.0 Å². The number of nitrogens with one attached hydrogen (secondary N) is 1. The van der Waals surface area contributed by atoms with Crippen molar-refractivity contribution in [2.75, 3.05) is 32.6 Å². The van der Waals surface area contributed by atoms with Crippen LogP contribution in [-0.4, -0.2) is 53.3 Å². The Balaban J connectivity index is 1.88. The van der Waals surface area contributed by atoms with E-state index in [1.807, 2.05) is 60.0 Å². The van der Waals surface area contributed by atoms with Crippen molar-refractivity contribution in [3.63, 3.8) is 0 Å². The summed E-state index contributed by atoms with van der Waals surface area (Å²) in [6, 6.07) is 15.6.